The van der Waals surface area contributed by atoms with E-state index in [1.165, 1.54) is 23.1 Å². The van der Waals surface area contributed by atoms with Crippen molar-refractivity contribution in [2.45, 2.75) is 13.3 Å². The molecule has 0 fully saturated rings. The van der Waals surface area contributed by atoms with Gasteiger partial charge in [-0.1, -0.05) is 18.5 Å². The number of rotatable bonds is 5. The SMILES string of the molecule is CCCN(CCO)C(=O)c1cc(Cl)ccc1O. The lowest BCUT2D eigenvalue weighted by molar-refractivity contribution is 0.0719. The number of phenolic OH excluding ortho intramolecular Hbond substituents is 1. The molecule has 94 valence electrons. The van der Waals surface area contributed by atoms with Crippen molar-refractivity contribution in [1.29, 1.82) is 0 Å². The zero-order chi connectivity index (χ0) is 12.8. The van der Waals surface area contributed by atoms with Crippen molar-refractivity contribution in [2.24, 2.45) is 0 Å². The molecule has 0 aliphatic rings. The maximum atomic E-state index is 12.1. The van der Waals surface area contributed by atoms with E-state index in [4.69, 9.17) is 16.7 Å². The standard InChI is InChI=1S/C12H16ClNO3/c1-2-5-14(6-7-15)12(17)10-8-9(13)3-4-11(10)16/h3-4,8,15-16H,2,5-7H2,1H3. The summed E-state index contributed by atoms with van der Waals surface area (Å²) in [6.07, 6.45) is 0.785. The van der Waals surface area contributed by atoms with E-state index in [0.717, 1.165) is 6.42 Å². The molecule has 0 spiro atoms. The molecule has 5 heteroatoms. The molecule has 1 amide bonds. The first-order chi connectivity index (χ1) is 8.10. The van der Waals surface area contributed by atoms with Crippen LogP contribution in [0, 0.1) is 0 Å². The quantitative estimate of drug-likeness (QED) is 0.847. The number of amides is 1. The molecule has 1 aromatic carbocycles. The molecule has 0 aromatic heterocycles. The zero-order valence-electron chi connectivity index (χ0n) is 9.69. The molecule has 1 aromatic rings. The number of benzene rings is 1. The fraction of sp³-hybridized carbons (Fsp3) is 0.417. The Morgan fingerprint density at radius 3 is 2.71 bits per heavy atom. The Hall–Kier alpha value is -1.26. The number of phenols is 1. The highest BCUT2D eigenvalue weighted by Crippen LogP contribution is 2.22. The third-order valence-corrected chi connectivity index (χ3v) is 2.57. The summed E-state index contributed by atoms with van der Waals surface area (Å²) in [5.41, 5.74) is 0.166. The molecular weight excluding hydrogens is 242 g/mol. The maximum Gasteiger partial charge on any atom is 0.257 e. The number of aromatic hydroxyl groups is 1. The molecule has 0 saturated heterocycles. The molecule has 0 saturated carbocycles. The van der Waals surface area contributed by atoms with Gasteiger partial charge in [-0.15, -0.1) is 0 Å². The molecule has 17 heavy (non-hydrogen) atoms. The highest BCUT2D eigenvalue weighted by molar-refractivity contribution is 6.31. The molecule has 0 heterocycles. The number of nitrogens with zero attached hydrogens (tertiary/aromatic N) is 1. The first kappa shape index (κ1) is 13.8. The van der Waals surface area contributed by atoms with E-state index in [1.54, 1.807) is 0 Å². The van der Waals surface area contributed by atoms with Gasteiger partial charge in [0.25, 0.3) is 5.91 Å². The first-order valence-corrected chi connectivity index (χ1v) is 5.86. The van der Waals surface area contributed by atoms with Gasteiger partial charge in [0.2, 0.25) is 0 Å². The number of carbonyl (C=O) groups is 1. The molecule has 0 radical (unpaired) electrons. The highest BCUT2D eigenvalue weighted by atomic mass is 35.5. The molecule has 1 rings (SSSR count). The van der Waals surface area contributed by atoms with Crippen LogP contribution in [0.5, 0.6) is 5.75 Å². The summed E-state index contributed by atoms with van der Waals surface area (Å²) >= 11 is 5.79. The predicted molar refractivity (Wildman–Crippen MR) is 66.4 cm³/mol. The largest absolute Gasteiger partial charge is 0.507 e. The van der Waals surface area contributed by atoms with E-state index < -0.39 is 0 Å². The summed E-state index contributed by atoms with van der Waals surface area (Å²) in [5, 5.41) is 18.9. The van der Waals surface area contributed by atoms with Gasteiger partial charge in [-0.25, -0.2) is 0 Å². The van der Waals surface area contributed by atoms with Crippen molar-refractivity contribution in [3.8, 4) is 5.75 Å². The number of hydrogen-bond acceptors (Lipinski definition) is 3. The number of aliphatic hydroxyl groups excluding tert-OH is 1. The summed E-state index contributed by atoms with van der Waals surface area (Å²) in [4.78, 5) is 13.6. The Bertz CT molecular complexity index is 389. The number of hydrogen-bond donors (Lipinski definition) is 2. The number of aliphatic hydroxyl groups is 1. The summed E-state index contributed by atoms with van der Waals surface area (Å²) in [6, 6.07) is 4.34. The Labute approximate surface area is 105 Å². The average Bonchev–Trinajstić information content (AvgIpc) is 2.31. The van der Waals surface area contributed by atoms with Crippen LogP contribution in [0.15, 0.2) is 18.2 Å². The lowest BCUT2D eigenvalue weighted by Crippen LogP contribution is -2.34. The lowest BCUT2D eigenvalue weighted by Gasteiger charge is -2.21. The number of carbonyl (C=O) groups excluding carboxylic acids is 1. The van der Waals surface area contributed by atoms with Gasteiger partial charge in [0.15, 0.2) is 0 Å². The normalized spacial score (nSPS) is 10.3. The molecule has 0 atom stereocenters. The second-order valence-corrected chi connectivity index (χ2v) is 4.11. The third kappa shape index (κ3) is 3.61. The van der Waals surface area contributed by atoms with Crippen molar-refractivity contribution in [3.05, 3.63) is 28.8 Å². The van der Waals surface area contributed by atoms with E-state index >= 15 is 0 Å². The van der Waals surface area contributed by atoms with E-state index in [9.17, 15) is 9.90 Å². The van der Waals surface area contributed by atoms with Crippen molar-refractivity contribution >= 4 is 17.5 Å². The van der Waals surface area contributed by atoms with Gasteiger partial charge < -0.3 is 15.1 Å². The summed E-state index contributed by atoms with van der Waals surface area (Å²) in [6.45, 7) is 2.62. The lowest BCUT2D eigenvalue weighted by atomic mass is 10.1. The van der Waals surface area contributed by atoms with E-state index in [1.807, 2.05) is 6.92 Å². The molecule has 0 aliphatic carbocycles. The van der Waals surface area contributed by atoms with Crippen LogP contribution in [-0.2, 0) is 0 Å². The van der Waals surface area contributed by atoms with Gasteiger partial charge in [-0.2, -0.15) is 0 Å². The molecular formula is C12H16ClNO3. The van der Waals surface area contributed by atoms with E-state index in [2.05, 4.69) is 0 Å². The second-order valence-electron chi connectivity index (χ2n) is 3.68. The smallest absolute Gasteiger partial charge is 0.257 e. The van der Waals surface area contributed by atoms with Crippen LogP contribution in [-0.4, -0.2) is 40.7 Å². The van der Waals surface area contributed by atoms with Crippen molar-refractivity contribution in [3.63, 3.8) is 0 Å². The highest BCUT2D eigenvalue weighted by Gasteiger charge is 2.18. The fourth-order valence-corrected chi connectivity index (χ4v) is 1.73. The van der Waals surface area contributed by atoms with Crippen LogP contribution in [0.25, 0.3) is 0 Å². The fourth-order valence-electron chi connectivity index (χ4n) is 1.56. The van der Waals surface area contributed by atoms with Gasteiger partial charge in [-0.05, 0) is 24.6 Å². The van der Waals surface area contributed by atoms with Crippen molar-refractivity contribution in [1.82, 2.24) is 4.90 Å². The maximum absolute atomic E-state index is 12.1. The molecule has 2 N–H and O–H groups in total. The van der Waals surface area contributed by atoms with Gasteiger partial charge in [0, 0.05) is 18.1 Å². The van der Waals surface area contributed by atoms with Gasteiger partial charge in [0.05, 0.1) is 12.2 Å². The molecule has 0 aliphatic heterocycles. The van der Waals surface area contributed by atoms with Crippen LogP contribution < -0.4 is 0 Å². The monoisotopic (exact) mass is 257 g/mol. The van der Waals surface area contributed by atoms with E-state index in [-0.39, 0.29) is 30.4 Å². The Kier molecular flexibility index (Phi) is 5.25. The molecule has 0 unspecified atom stereocenters. The average molecular weight is 258 g/mol. The Morgan fingerprint density at radius 1 is 1.41 bits per heavy atom. The van der Waals surface area contributed by atoms with Crippen LogP contribution in [0.3, 0.4) is 0 Å². The Morgan fingerprint density at radius 2 is 2.12 bits per heavy atom. The number of halogens is 1. The summed E-state index contributed by atoms with van der Waals surface area (Å²) < 4.78 is 0. The molecule has 0 bridgehead atoms. The van der Waals surface area contributed by atoms with Crippen molar-refractivity contribution < 1.29 is 15.0 Å². The predicted octanol–water partition coefficient (Wildman–Crippen LogP) is 1.89. The van der Waals surface area contributed by atoms with Crippen LogP contribution in [0.4, 0.5) is 0 Å². The Balaban J connectivity index is 2.95. The topological polar surface area (TPSA) is 60.8 Å². The minimum atomic E-state index is -0.319. The second kappa shape index (κ2) is 6.47. The third-order valence-electron chi connectivity index (χ3n) is 2.34. The van der Waals surface area contributed by atoms with Gasteiger partial charge in [-0.3, -0.25) is 4.79 Å². The van der Waals surface area contributed by atoms with Crippen LogP contribution >= 0.6 is 11.6 Å². The van der Waals surface area contributed by atoms with Crippen LogP contribution in [0.2, 0.25) is 5.02 Å². The minimum absolute atomic E-state index is 0.0987. The zero-order valence-corrected chi connectivity index (χ0v) is 10.4. The van der Waals surface area contributed by atoms with Crippen LogP contribution in [0.1, 0.15) is 23.7 Å². The minimum Gasteiger partial charge on any atom is -0.507 e. The molecule has 4 nitrogen and oxygen atoms in total. The van der Waals surface area contributed by atoms with Crippen molar-refractivity contribution in [2.75, 3.05) is 19.7 Å². The van der Waals surface area contributed by atoms with E-state index in [0.29, 0.717) is 11.6 Å². The van der Waals surface area contributed by atoms with Gasteiger partial charge >= 0.3 is 0 Å². The first-order valence-electron chi connectivity index (χ1n) is 5.48. The summed E-state index contributed by atoms with van der Waals surface area (Å²) in [5.74, 6) is -0.417. The van der Waals surface area contributed by atoms with Gasteiger partial charge in [0.1, 0.15) is 5.75 Å². The summed E-state index contributed by atoms with van der Waals surface area (Å²) in [7, 11) is 0.